The summed E-state index contributed by atoms with van der Waals surface area (Å²) in [4.78, 5) is 23.8. The molecule has 1 aromatic heterocycles. The number of rotatable bonds is 3. The number of fused-ring (bicyclic) bond motifs is 1. The number of anilines is 1. The second kappa shape index (κ2) is 6.22. The molecule has 2 N–H and O–H groups in total. The van der Waals surface area contributed by atoms with Crippen LogP contribution in [0.4, 0.5) is 11.4 Å². The van der Waals surface area contributed by atoms with E-state index in [0.29, 0.717) is 21.9 Å². The van der Waals surface area contributed by atoms with Crippen LogP contribution < -0.4 is 11.2 Å². The molecule has 0 spiro atoms. The van der Waals surface area contributed by atoms with Crippen molar-refractivity contribution >= 4 is 33.9 Å². The van der Waals surface area contributed by atoms with Crippen molar-refractivity contribution in [3.8, 4) is 11.1 Å². The van der Waals surface area contributed by atoms with Crippen LogP contribution >= 0.6 is 11.6 Å². The molecule has 0 radical (unpaired) electrons. The quantitative estimate of drug-likeness (QED) is 0.414. The van der Waals surface area contributed by atoms with Crippen LogP contribution in [0.25, 0.3) is 22.1 Å². The molecule has 7 heteroatoms. The van der Waals surface area contributed by atoms with Gasteiger partial charge >= 0.3 is 5.69 Å². The minimum absolute atomic E-state index is 0.0467. The normalized spacial score (nSPS) is 11.2. The maximum Gasteiger partial charge on any atom is 0.334 e. The van der Waals surface area contributed by atoms with Crippen molar-refractivity contribution in [1.29, 1.82) is 0 Å². The van der Waals surface area contributed by atoms with E-state index < -0.39 is 4.92 Å². The molecule has 3 rings (SSSR count). The Balaban J connectivity index is 2.47. The molecule has 0 fully saturated rings. The van der Waals surface area contributed by atoms with Gasteiger partial charge in [0.2, 0.25) is 11.0 Å². The second-order valence-electron chi connectivity index (χ2n) is 5.97. The molecule has 0 aliphatic heterocycles. The van der Waals surface area contributed by atoms with Gasteiger partial charge in [0.1, 0.15) is 11.4 Å². The fraction of sp³-hybridized carbons (Fsp3) is 0.167. The van der Waals surface area contributed by atoms with Gasteiger partial charge < -0.3 is 10.2 Å². The van der Waals surface area contributed by atoms with Crippen LogP contribution in [0.15, 0.2) is 45.6 Å². The molecule has 0 saturated carbocycles. The van der Waals surface area contributed by atoms with Gasteiger partial charge in [-0.25, -0.2) is 0 Å². The molecule has 0 atom stereocenters. The fourth-order valence-corrected chi connectivity index (χ4v) is 2.89. The zero-order valence-electron chi connectivity index (χ0n) is 13.6. The molecule has 6 nitrogen and oxygen atoms in total. The third-order valence-corrected chi connectivity index (χ3v) is 4.18. The second-order valence-corrected chi connectivity index (χ2v) is 6.41. The van der Waals surface area contributed by atoms with Gasteiger partial charge in [0.25, 0.3) is 0 Å². The Morgan fingerprint density at radius 2 is 1.80 bits per heavy atom. The van der Waals surface area contributed by atoms with Crippen LogP contribution in [0.5, 0.6) is 0 Å². The van der Waals surface area contributed by atoms with Crippen LogP contribution in [0.2, 0.25) is 5.02 Å². The smallest absolute Gasteiger partial charge is 0.334 e. The topological polar surface area (TPSA) is 99.4 Å². The molecule has 128 valence electrons. The van der Waals surface area contributed by atoms with E-state index >= 15 is 0 Å². The number of hydrogen-bond acceptors (Lipinski definition) is 5. The Bertz CT molecular complexity index is 1040. The first-order valence-electron chi connectivity index (χ1n) is 7.60. The van der Waals surface area contributed by atoms with Gasteiger partial charge in [0.15, 0.2) is 0 Å². The largest absolute Gasteiger partial charge is 0.453 e. The summed E-state index contributed by atoms with van der Waals surface area (Å²) < 4.78 is 5.84. The predicted octanol–water partition coefficient (Wildman–Crippen LogP) is 4.73. The van der Waals surface area contributed by atoms with Gasteiger partial charge in [-0.3, -0.25) is 14.9 Å². The number of hydrogen-bond donors (Lipinski definition) is 1. The van der Waals surface area contributed by atoms with Crippen LogP contribution in [-0.2, 0) is 0 Å². The van der Waals surface area contributed by atoms with E-state index in [2.05, 4.69) is 0 Å². The Hall–Kier alpha value is -2.86. The van der Waals surface area contributed by atoms with E-state index in [-0.39, 0.29) is 33.7 Å². The summed E-state index contributed by atoms with van der Waals surface area (Å²) >= 11 is 5.92. The van der Waals surface area contributed by atoms with Crippen molar-refractivity contribution in [2.24, 2.45) is 0 Å². The lowest BCUT2D eigenvalue weighted by Gasteiger charge is -2.13. The van der Waals surface area contributed by atoms with Crippen molar-refractivity contribution in [2.45, 2.75) is 19.8 Å². The Kier molecular flexibility index (Phi) is 4.22. The lowest BCUT2D eigenvalue weighted by molar-refractivity contribution is -0.382. The molecule has 0 aliphatic carbocycles. The lowest BCUT2D eigenvalue weighted by Crippen LogP contribution is -2.11. The van der Waals surface area contributed by atoms with E-state index in [0.717, 1.165) is 0 Å². The summed E-state index contributed by atoms with van der Waals surface area (Å²) in [7, 11) is 0. The number of nitrogen functional groups attached to an aromatic ring is 1. The van der Waals surface area contributed by atoms with Crippen molar-refractivity contribution in [1.82, 2.24) is 0 Å². The lowest BCUT2D eigenvalue weighted by atomic mass is 9.96. The molecule has 1 heterocycles. The number of halogens is 1. The molecule has 25 heavy (non-hydrogen) atoms. The molecule has 0 saturated heterocycles. The van der Waals surface area contributed by atoms with Crippen molar-refractivity contribution < 1.29 is 9.34 Å². The Morgan fingerprint density at radius 1 is 1.16 bits per heavy atom. The Morgan fingerprint density at radius 3 is 2.36 bits per heavy atom. The number of nitro benzene ring substituents is 1. The highest BCUT2D eigenvalue weighted by Crippen LogP contribution is 2.36. The average molecular weight is 359 g/mol. The number of nitrogens with zero attached hydrogens (tertiary/aromatic N) is 1. The first-order valence-corrected chi connectivity index (χ1v) is 7.98. The first kappa shape index (κ1) is 17.0. The van der Waals surface area contributed by atoms with E-state index in [4.69, 9.17) is 21.8 Å². The van der Waals surface area contributed by atoms with Gasteiger partial charge in [0.05, 0.1) is 15.9 Å². The van der Waals surface area contributed by atoms with Gasteiger partial charge in [-0.2, -0.15) is 0 Å². The monoisotopic (exact) mass is 358 g/mol. The van der Waals surface area contributed by atoms with Crippen LogP contribution in [0.1, 0.15) is 25.5 Å². The maximum absolute atomic E-state index is 13.1. The zero-order chi connectivity index (χ0) is 18.3. The molecule has 0 aliphatic rings. The SMILES string of the molecule is CC(C)c1oc2c([N+](=O)[O-])c(N)ccc2c(=O)c1-c1ccc(Cl)cc1. The van der Waals surface area contributed by atoms with Crippen molar-refractivity contribution in [3.05, 3.63) is 67.5 Å². The molecule has 0 bridgehead atoms. The molecule has 3 aromatic rings. The van der Waals surface area contributed by atoms with Crippen molar-refractivity contribution in [2.75, 3.05) is 5.73 Å². The van der Waals surface area contributed by atoms with Gasteiger partial charge in [-0.1, -0.05) is 37.6 Å². The number of nitrogens with two attached hydrogens (primary N) is 1. The maximum atomic E-state index is 13.1. The third kappa shape index (κ3) is 2.85. The highest BCUT2D eigenvalue weighted by atomic mass is 35.5. The molecule has 2 aromatic carbocycles. The zero-order valence-corrected chi connectivity index (χ0v) is 14.3. The van der Waals surface area contributed by atoms with Gasteiger partial charge in [-0.05, 0) is 29.8 Å². The molecular weight excluding hydrogens is 344 g/mol. The summed E-state index contributed by atoms with van der Waals surface area (Å²) in [5, 5.41) is 12.0. The predicted molar refractivity (Wildman–Crippen MR) is 98.1 cm³/mol. The summed E-state index contributed by atoms with van der Waals surface area (Å²) in [6, 6.07) is 9.59. The average Bonchev–Trinajstić information content (AvgIpc) is 2.55. The van der Waals surface area contributed by atoms with Crippen LogP contribution in [0, 0.1) is 10.1 Å². The van der Waals surface area contributed by atoms with Crippen LogP contribution in [-0.4, -0.2) is 4.92 Å². The first-order chi connectivity index (χ1) is 11.8. The van der Waals surface area contributed by atoms with E-state index in [1.807, 2.05) is 13.8 Å². The Labute approximate surface area is 148 Å². The number of benzene rings is 2. The van der Waals surface area contributed by atoms with Crippen LogP contribution in [0.3, 0.4) is 0 Å². The fourth-order valence-electron chi connectivity index (χ4n) is 2.76. The van der Waals surface area contributed by atoms with Gasteiger partial charge in [0, 0.05) is 10.9 Å². The third-order valence-electron chi connectivity index (χ3n) is 3.93. The number of nitro groups is 1. The van der Waals surface area contributed by atoms with Crippen molar-refractivity contribution in [3.63, 3.8) is 0 Å². The molecule has 0 unspecified atom stereocenters. The molecule has 0 amide bonds. The minimum atomic E-state index is -0.632. The highest BCUT2D eigenvalue weighted by molar-refractivity contribution is 6.30. The standard InChI is InChI=1S/C18H15ClN2O4/c1-9(2)17-14(10-3-5-11(19)6-4-10)16(22)12-7-8-13(20)15(21(23)24)18(12)25-17/h3-9H,20H2,1-2H3. The highest BCUT2D eigenvalue weighted by Gasteiger charge is 2.25. The summed E-state index contributed by atoms with van der Waals surface area (Å²) in [6.45, 7) is 3.70. The summed E-state index contributed by atoms with van der Waals surface area (Å²) in [5.41, 5.74) is 5.85. The summed E-state index contributed by atoms with van der Waals surface area (Å²) in [5.74, 6) is 0.206. The summed E-state index contributed by atoms with van der Waals surface area (Å²) in [6.07, 6.45) is 0. The van der Waals surface area contributed by atoms with E-state index in [1.165, 1.54) is 12.1 Å². The minimum Gasteiger partial charge on any atom is -0.453 e. The molecular formula is C18H15ClN2O4. The van der Waals surface area contributed by atoms with E-state index in [1.54, 1.807) is 24.3 Å². The van der Waals surface area contributed by atoms with E-state index in [9.17, 15) is 14.9 Å². The van der Waals surface area contributed by atoms with Gasteiger partial charge in [-0.15, -0.1) is 0 Å².